The van der Waals surface area contributed by atoms with Crippen molar-refractivity contribution in [2.45, 2.75) is 52.2 Å². The molecule has 1 aromatic carbocycles. The van der Waals surface area contributed by atoms with Crippen molar-refractivity contribution >= 4 is 11.6 Å². The van der Waals surface area contributed by atoms with Gasteiger partial charge in [0.15, 0.2) is 0 Å². The second-order valence-electron chi connectivity index (χ2n) is 5.16. The summed E-state index contributed by atoms with van der Waals surface area (Å²) in [6, 6.07) is 5.79. The van der Waals surface area contributed by atoms with Gasteiger partial charge in [0.25, 0.3) is 0 Å². The van der Waals surface area contributed by atoms with Gasteiger partial charge >= 0.3 is 0 Å². The van der Waals surface area contributed by atoms with E-state index in [2.05, 4.69) is 12.2 Å². The van der Waals surface area contributed by atoms with Crippen LogP contribution in [0.1, 0.15) is 45.6 Å². The molecular formula is C16H26ClNO2. The number of ether oxygens (including phenoxy) is 1. The first-order valence-electron chi connectivity index (χ1n) is 7.39. The summed E-state index contributed by atoms with van der Waals surface area (Å²) < 4.78 is 5.66. The lowest BCUT2D eigenvalue weighted by molar-refractivity contribution is -0.0113. The molecule has 0 spiro atoms. The maximum atomic E-state index is 10.2. The Bertz CT molecular complexity index is 405. The van der Waals surface area contributed by atoms with Gasteiger partial charge in [0.1, 0.15) is 12.4 Å². The second-order valence-corrected chi connectivity index (χ2v) is 5.57. The monoisotopic (exact) mass is 299 g/mol. The van der Waals surface area contributed by atoms with Crippen molar-refractivity contribution in [3.8, 4) is 5.75 Å². The Kier molecular flexibility index (Phi) is 7.35. The smallest absolute Gasteiger partial charge is 0.138 e. The van der Waals surface area contributed by atoms with Gasteiger partial charge < -0.3 is 15.2 Å². The fourth-order valence-electron chi connectivity index (χ4n) is 1.85. The fraction of sp³-hybridized carbons (Fsp3) is 0.625. The molecule has 0 heterocycles. The molecule has 0 fully saturated rings. The lowest BCUT2D eigenvalue weighted by Crippen LogP contribution is -2.34. The topological polar surface area (TPSA) is 41.5 Å². The van der Waals surface area contributed by atoms with Crippen LogP contribution in [0.4, 0.5) is 0 Å². The summed E-state index contributed by atoms with van der Waals surface area (Å²) in [5, 5.41) is 14.1. The zero-order valence-electron chi connectivity index (χ0n) is 12.7. The molecule has 0 aliphatic carbocycles. The van der Waals surface area contributed by atoms with E-state index < -0.39 is 5.60 Å². The number of halogens is 1. The van der Waals surface area contributed by atoms with E-state index in [1.54, 1.807) is 0 Å². The van der Waals surface area contributed by atoms with Crippen LogP contribution in [0.15, 0.2) is 18.2 Å². The highest BCUT2D eigenvalue weighted by Crippen LogP contribution is 2.27. The molecule has 20 heavy (non-hydrogen) atoms. The third kappa shape index (κ3) is 5.31. The number of benzene rings is 1. The lowest BCUT2D eigenvalue weighted by atomic mass is 9.99. The Morgan fingerprint density at radius 2 is 1.95 bits per heavy atom. The molecule has 1 rings (SSSR count). The van der Waals surface area contributed by atoms with Gasteiger partial charge in [-0.1, -0.05) is 38.4 Å². The molecule has 0 amide bonds. The Morgan fingerprint density at radius 1 is 1.25 bits per heavy atom. The van der Waals surface area contributed by atoms with Crippen molar-refractivity contribution in [1.29, 1.82) is 0 Å². The lowest BCUT2D eigenvalue weighted by Gasteiger charge is -2.25. The molecule has 0 bridgehead atoms. The van der Waals surface area contributed by atoms with E-state index in [9.17, 15) is 5.11 Å². The molecule has 0 atom stereocenters. The van der Waals surface area contributed by atoms with Crippen LogP contribution in [-0.4, -0.2) is 23.9 Å². The summed E-state index contributed by atoms with van der Waals surface area (Å²) in [4.78, 5) is 0. The maximum absolute atomic E-state index is 10.2. The van der Waals surface area contributed by atoms with Crippen LogP contribution in [0.25, 0.3) is 0 Å². The Balaban J connectivity index is 2.59. The fourth-order valence-corrected chi connectivity index (χ4v) is 2.10. The molecule has 1 aromatic rings. The van der Waals surface area contributed by atoms with E-state index >= 15 is 0 Å². The summed E-state index contributed by atoms with van der Waals surface area (Å²) in [6.07, 6.45) is 2.45. The quantitative estimate of drug-likeness (QED) is 0.682. The van der Waals surface area contributed by atoms with Crippen molar-refractivity contribution in [1.82, 2.24) is 5.32 Å². The average molecular weight is 300 g/mol. The molecule has 0 radical (unpaired) electrons. The maximum Gasteiger partial charge on any atom is 0.138 e. The molecule has 4 heteroatoms. The summed E-state index contributed by atoms with van der Waals surface area (Å²) in [6.45, 7) is 8.12. The van der Waals surface area contributed by atoms with Crippen LogP contribution >= 0.6 is 11.6 Å². The summed E-state index contributed by atoms with van der Waals surface area (Å²) >= 11 is 6.22. The van der Waals surface area contributed by atoms with Crippen LogP contribution in [0.2, 0.25) is 5.02 Å². The summed E-state index contributed by atoms with van der Waals surface area (Å²) in [5.41, 5.74) is 0.363. The van der Waals surface area contributed by atoms with E-state index in [0.717, 1.165) is 25.1 Å². The van der Waals surface area contributed by atoms with E-state index in [-0.39, 0.29) is 6.61 Å². The zero-order valence-corrected chi connectivity index (χ0v) is 13.5. The largest absolute Gasteiger partial charge is 0.489 e. The molecule has 0 unspecified atom stereocenters. The third-order valence-electron chi connectivity index (χ3n) is 3.56. The third-order valence-corrected chi connectivity index (χ3v) is 3.86. The first-order chi connectivity index (χ1) is 9.54. The highest BCUT2D eigenvalue weighted by molar-refractivity contribution is 6.32. The highest BCUT2D eigenvalue weighted by Gasteiger charge is 2.23. The van der Waals surface area contributed by atoms with Crippen LogP contribution in [0.3, 0.4) is 0 Å². The molecule has 0 saturated carbocycles. The van der Waals surface area contributed by atoms with Gasteiger partial charge in [-0.3, -0.25) is 0 Å². The van der Waals surface area contributed by atoms with Gasteiger partial charge in [-0.05, 0) is 43.5 Å². The average Bonchev–Trinajstić information content (AvgIpc) is 2.46. The van der Waals surface area contributed by atoms with Gasteiger partial charge in [0, 0.05) is 6.54 Å². The Hall–Kier alpha value is -0.770. The van der Waals surface area contributed by atoms with E-state index in [1.807, 2.05) is 32.0 Å². The van der Waals surface area contributed by atoms with Crippen LogP contribution in [-0.2, 0) is 6.54 Å². The molecule has 0 aliphatic rings. The standard InChI is InChI=1S/C16H26ClNO2/c1-4-9-18-11-13-7-8-15(14(17)10-13)20-12-16(19,5-2)6-3/h7-8,10,18-19H,4-6,9,11-12H2,1-3H3. The van der Waals surface area contributed by atoms with Gasteiger partial charge in [-0.15, -0.1) is 0 Å². The summed E-state index contributed by atoms with van der Waals surface area (Å²) in [5.74, 6) is 0.631. The van der Waals surface area contributed by atoms with Gasteiger partial charge in [-0.25, -0.2) is 0 Å². The predicted octanol–water partition coefficient (Wildman–Crippen LogP) is 3.77. The molecule has 0 saturated heterocycles. The number of hydrogen-bond donors (Lipinski definition) is 2. The minimum atomic E-state index is -0.773. The number of aliphatic hydroxyl groups is 1. The van der Waals surface area contributed by atoms with Crippen LogP contribution in [0.5, 0.6) is 5.75 Å². The SMILES string of the molecule is CCCNCc1ccc(OCC(O)(CC)CC)c(Cl)c1. The molecule has 0 aliphatic heterocycles. The van der Waals surface area contributed by atoms with Crippen LogP contribution < -0.4 is 10.1 Å². The van der Waals surface area contributed by atoms with Gasteiger partial charge in [0.2, 0.25) is 0 Å². The van der Waals surface area contributed by atoms with E-state index in [0.29, 0.717) is 23.6 Å². The first kappa shape index (κ1) is 17.3. The molecule has 114 valence electrons. The Labute approximate surface area is 127 Å². The minimum absolute atomic E-state index is 0.271. The van der Waals surface area contributed by atoms with E-state index in [4.69, 9.17) is 16.3 Å². The highest BCUT2D eigenvalue weighted by atomic mass is 35.5. The van der Waals surface area contributed by atoms with Crippen molar-refractivity contribution in [2.75, 3.05) is 13.2 Å². The van der Waals surface area contributed by atoms with Gasteiger partial charge in [-0.2, -0.15) is 0 Å². The van der Waals surface area contributed by atoms with Crippen molar-refractivity contribution in [3.05, 3.63) is 28.8 Å². The number of hydrogen-bond acceptors (Lipinski definition) is 3. The summed E-state index contributed by atoms with van der Waals surface area (Å²) in [7, 11) is 0. The van der Waals surface area contributed by atoms with Gasteiger partial charge in [0.05, 0.1) is 10.6 Å². The van der Waals surface area contributed by atoms with Crippen molar-refractivity contribution < 1.29 is 9.84 Å². The second kappa shape index (κ2) is 8.50. The Morgan fingerprint density at radius 3 is 2.50 bits per heavy atom. The van der Waals surface area contributed by atoms with E-state index in [1.165, 1.54) is 0 Å². The molecule has 0 aromatic heterocycles. The normalized spacial score (nSPS) is 11.7. The first-order valence-corrected chi connectivity index (χ1v) is 7.76. The molecule has 2 N–H and O–H groups in total. The van der Waals surface area contributed by atoms with Crippen molar-refractivity contribution in [3.63, 3.8) is 0 Å². The predicted molar refractivity (Wildman–Crippen MR) is 84.5 cm³/mol. The number of rotatable bonds is 9. The zero-order chi connectivity index (χ0) is 15.0. The van der Waals surface area contributed by atoms with Crippen LogP contribution in [0, 0.1) is 0 Å². The minimum Gasteiger partial charge on any atom is -0.489 e. The number of nitrogens with one attached hydrogen (secondary N) is 1. The van der Waals surface area contributed by atoms with Crippen molar-refractivity contribution in [2.24, 2.45) is 0 Å². The molecule has 3 nitrogen and oxygen atoms in total. The molecular weight excluding hydrogens is 274 g/mol.